The molecule has 0 N–H and O–H groups in total. The lowest BCUT2D eigenvalue weighted by atomic mass is 10.2. The molecule has 2 aromatic carbocycles. The van der Waals surface area contributed by atoms with Crippen LogP contribution in [0.25, 0.3) is 6.08 Å². The number of hydrogen-bond acceptors (Lipinski definition) is 3. The van der Waals surface area contributed by atoms with Crippen LogP contribution in [0.5, 0.6) is 5.75 Å². The van der Waals surface area contributed by atoms with E-state index < -0.39 is 8.32 Å². The molecule has 0 aromatic heterocycles. The van der Waals surface area contributed by atoms with Gasteiger partial charge in [0.1, 0.15) is 12.4 Å². The third-order valence-corrected chi connectivity index (χ3v) is 11.5. The third kappa shape index (κ3) is 6.07. The van der Waals surface area contributed by atoms with Gasteiger partial charge < -0.3 is 9.16 Å². The zero-order valence-corrected chi connectivity index (χ0v) is 19.5. The van der Waals surface area contributed by atoms with Gasteiger partial charge in [-0.2, -0.15) is 0 Å². The van der Waals surface area contributed by atoms with E-state index in [1.165, 1.54) is 6.08 Å². The largest absolute Gasteiger partial charge is 0.543 e. The number of carbonyl (C=O) groups excluding carboxylic acids is 1. The van der Waals surface area contributed by atoms with Crippen molar-refractivity contribution in [1.29, 1.82) is 0 Å². The molecule has 0 radical (unpaired) electrons. The molecule has 156 valence electrons. The maximum atomic E-state index is 11.9. The Hall–Kier alpha value is -2.33. The smallest absolute Gasteiger partial charge is 0.331 e. The summed E-state index contributed by atoms with van der Waals surface area (Å²) in [5.41, 5.74) is 3.51. The molecule has 2 rings (SSSR count). The molecule has 0 unspecified atom stereocenters. The molecule has 0 heterocycles. The molecule has 0 spiro atoms. The van der Waals surface area contributed by atoms with Gasteiger partial charge in [-0.25, -0.2) is 4.79 Å². The fourth-order valence-corrected chi connectivity index (χ4v) is 9.40. The first-order chi connectivity index (χ1) is 13.8. The fraction of sp³-hybridized carbons (Fsp3) is 0.400. The summed E-state index contributed by atoms with van der Waals surface area (Å²) in [5.74, 6) is 0.566. The molecule has 0 aliphatic rings. The monoisotopic (exact) mass is 410 g/mol. The van der Waals surface area contributed by atoms with Crippen LogP contribution in [-0.2, 0) is 16.1 Å². The van der Waals surface area contributed by atoms with Crippen molar-refractivity contribution in [1.82, 2.24) is 0 Å². The summed E-state index contributed by atoms with van der Waals surface area (Å²) < 4.78 is 12.0. The lowest BCUT2D eigenvalue weighted by Crippen LogP contribution is -2.50. The van der Waals surface area contributed by atoms with E-state index in [2.05, 4.69) is 41.5 Å². The van der Waals surface area contributed by atoms with E-state index in [0.29, 0.717) is 16.6 Å². The van der Waals surface area contributed by atoms with Gasteiger partial charge in [0.25, 0.3) is 8.32 Å². The van der Waals surface area contributed by atoms with Crippen LogP contribution in [0, 0.1) is 0 Å². The Kier molecular flexibility index (Phi) is 8.27. The molecule has 0 saturated carbocycles. The number of esters is 1. The van der Waals surface area contributed by atoms with Crippen molar-refractivity contribution in [2.24, 2.45) is 0 Å². The van der Waals surface area contributed by atoms with Crippen LogP contribution in [0.3, 0.4) is 0 Å². The topological polar surface area (TPSA) is 35.5 Å². The molecule has 0 bridgehead atoms. The molecule has 0 atom stereocenters. The van der Waals surface area contributed by atoms with Crippen molar-refractivity contribution in [2.75, 3.05) is 0 Å². The number of ether oxygens (including phenoxy) is 1. The average molecular weight is 411 g/mol. The van der Waals surface area contributed by atoms with Gasteiger partial charge in [-0.3, -0.25) is 0 Å². The highest BCUT2D eigenvalue weighted by Crippen LogP contribution is 2.42. The van der Waals surface area contributed by atoms with Crippen LogP contribution < -0.4 is 4.43 Å². The van der Waals surface area contributed by atoms with E-state index in [-0.39, 0.29) is 12.6 Å². The molecule has 2 aromatic rings. The van der Waals surface area contributed by atoms with Crippen LogP contribution >= 0.6 is 0 Å². The first-order valence-corrected chi connectivity index (χ1v) is 12.6. The second-order valence-corrected chi connectivity index (χ2v) is 13.8. The highest BCUT2D eigenvalue weighted by atomic mass is 28.4. The summed E-state index contributed by atoms with van der Waals surface area (Å²) in [6.45, 7) is 14.0. The van der Waals surface area contributed by atoms with Gasteiger partial charge in [-0.15, -0.1) is 0 Å². The van der Waals surface area contributed by atoms with Crippen molar-refractivity contribution >= 4 is 20.4 Å². The van der Waals surface area contributed by atoms with E-state index in [9.17, 15) is 4.79 Å². The van der Waals surface area contributed by atoms with Crippen molar-refractivity contribution in [3.63, 3.8) is 0 Å². The normalized spacial score (nSPS) is 12.2. The van der Waals surface area contributed by atoms with Crippen LogP contribution in [0.4, 0.5) is 0 Å². The average Bonchev–Trinajstić information content (AvgIpc) is 2.69. The molecule has 0 amide bonds. The maximum absolute atomic E-state index is 11.9. The summed E-state index contributed by atoms with van der Waals surface area (Å²) in [6, 6.07) is 17.6. The first kappa shape index (κ1) is 23.0. The Balaban J connectivity index is 2.00. The van der Waals surface area contributed by atoms with Gasteiger partial charge >= 0.3 is 5.97 Å². The summed E-state index contributed by atoms with van der Waals surface area (Å²) >= 11 is 0. The summed E-state index contributed by atoms with van der Waals surface area (Å²) in [5, 5.41) is 0. The molecular formula is C25H34O3Si. The Morgan fingerprint density at radius 1 is 0.862 bits per heavy atom. The van der Waals surface area contributed by atoms with Gasteiger partial charge in [-0.05, 0) is 46.0 Å². The van der Waals surface area contributed by atoms with E-state index in [1.54, 1.807) is 6.08 Å². The third-order valence-electron chi connectivity index (χ3n) is 5.52. The minimum Gasteiger partial charge on any atom is -0.543 e. The Morgan fingerprint density at radius 2 is 1.41 bits per heavy atom. The highest BCUT2D eigenvalue weighted by Gasteiger charge is 2.46. The van der Waals surface area contributed by atoms with E-state index >= 15 is 0 Å². The lowest BCUT2D eigenvalue weighted by Gasteiger charge is -2.42. The fourth-order valence-electron chi connectivity index (χ4n) is 4.15. The zero-order chi connectivity index (χ0) is 21.4. The van der Waals surface area contributed by atoms with Gasteiger partial charge in [0.2, 0.25) is 0 Å². The Morgan fingerprint density at radius 3 is 1.93 bits per heavy atom. The van der Waals surface area contributed by atoms with Crippen molar-refractivity contribution < 1.29 is 14.0 Å². The van der Waals surface area contributed by atoms with Gasteiger partial charge in [0.05, 0.1) is 0 Å². The molecule has 3 nitrogen and oxygen atoms in total. The summed E-state index contributed by atoms with van der Waals surface area (Å²) in [6.07, 6.45) is 3.24. The second kappa shape index (κ2) is 10.4. The van der Waals surface area contributed by atoms with Gasteiger partial charge in [0, 0.05) is 6.08 Å². The van der Waals surface area contributed by atoms with Crippen LogP contribution in [0.1, 0.15) is 52.7 Å². The van der Waals surface area contributed by atoms with Crippen molar-refractivity contribution in [3.05, 3.63) is 71.8 Å². The van der Waals surface area contributed by atoms with Crippen LogP contribution in [0.15, 0.2) is 60.7 Å². The van der Waals surface area contributed by atoms with Crippen molar-refractivity contribution in [3.8, 4) is 5.75 Å². The minimum absolute atomic E-state index is 0.281. The predicted octanol–water partition coefficient (Wildman–Crippen LogP) is 7.00. The summed E-state index contributed by atoms with van der Waals surface area (Å²) in [4.78, 5) is 11.9. The summed E-state index contributed by atoms with van der Waals surface area (Å²) in [7, 11) is -1.96. The molecule has 4 heteroatoms. The number of benzene rings is 2. The predicted molar refractivity (Wildman–Crippen MR) is 123 cm³/mol. The number of rotatable bonds is 9. The second-order valence-electron chi connectivity index (χ2n) is 8.42. The Bertz CT molecular complexity index is 771. The molecule has 0 aliphatic heterocycles. The first-order valence-electron chi connectivity index (χ1n) is 10.4. The maximum Gasteiger partial charge on any atom is 0.331 e. The molecule has 0 aliphatic carbocycles. The minimum atomic E-state index is -1.96. The quantitative estimate of drug-likeness (QED) is 0.254. The molecular weight excluding hydrogens is 376 g/mol. The SMILES string of the molecule is CC(C)[Si](Oc1ccc(/C=C/C(=O)OCc2ccccc2)cc1)(C(C)C)C(C)C. The van der Waals surface area contributed by atoms with Gasteiger partial charge in [-0.1, -0.05) is 84.0 Å². The van der Waals surface area contributed by atoms with Crippen LogP contribution in [0.2, 0.25) is 16.6 Å². The molecule has 0 fully saturated rings. The van der Waals surface area contributed by atoms with Crippen LogP contribution in [-0.4, -0.2) is 14.3 Å². The Labute approximate surface area is 176 Å². The van der Waals surface area contributed by atoms with E-state index in [4.69, 9.17) is 9.16 Å². The highest BCUT2D eigenvalue weighted by molar-refractivity contribution is 6.78. The van der Waals surface area contributed by atoms with Crippen molar-refractivity contribution in [2.45, 2.75) is 64.8 Å². The van der Waals surface area contributed by atoms with E-state index in [1.807, 2.05) is 54.6 Å². The molecule has 0 saturated heterocycles. The lowest BCUT2D eigenvalue weighted by molar-refractivity contribution is -0.138. The number of carbonyl (C=O) groups is 1. The van der Waals surface area contributed by atoms with Gasteiger partial charge in [0.15, 0.2) is 0 Å². The number of hydrogen-bond donors (Lipinski definition) is 0. The molecule has 29 heavy (non-hydrogen) atoms. The standard InChI is InChI=1S/C25H34O3Si/c1-19(2)29(20(3)4,21(5)6)28-24-15-12-22(13-16-24)14-17-25(26)27-18-23-10-8-7-9-11-23/h7-17,19-21H,18H2,1-6H3/b17-14+. The van der Waals surface area contributed by atoms with E-state index in [0.717, 1.165) is 16.9 Å². The zero-order valence-electron chi connectivity index (χ0n) is 18.5.